The van der Waals surface area contributed by atoms with Gasteiger partial charge in [-0.3, -0.25) is 0 Å². The third kappa shape index (κ3) is 4.79. The lowest BCUT2D eigenvalue weighted by Crippen LogP contribution is -2.31. The number of anilines is 1. The summed E-state index contributed by atoms with van der Waals surface area (Å²) >= 11 is 5.35. The predicted molar refractivity (Wildman–Crippen MR) is 106 cm³/mol. The average Bonchev–Trinajstić information content (AvgIpc) is 2.64. The second-order valence-electron chi connectivity index (χ2n) is 6.06. The van der Waals surface area contributed by atoms with Gasteiger partial charge in [-0.15, -0.1) is 0 Å². The zero-order valence-corrected chi connectivity index (χ0v) is 16.2. The van der Waals surface area contributed by atoms with Crippen molar-refractivity contribution in [3.05, 3.63) is 64.5 Å². The molecule has 0 aliphatic rings. The van der Waals surface area contributed by atoms with E-state index in [0.29, 0.717) is 10.7 Å². The van der Waals surface area contributed by atoms with Crippen molar-refractivity contribution in [2.45, 2.75) is 27.4 Å². The number of nitrogens with one attached hydrogen (secondary N) is 1. The number of benzene rings is 2. The molecule has 2 aromatic rings. The van der Waals surface area contributed by atoms with Gasteiger partial charge in [0.05, 0.1) is 5.56 Å². The molecule has 0 spiro atoms. The van der Waals surface area contributed by atoms with Crippen molar-refractivity contribution in [1.29, 1.82) is 0 Å². The number of ether oxygens (including phenoxy) is 1. The summed E-state index contributed by atoms with van der Waals surface area (Å²) in [5.74, 6) is -0.726. The maximum atomic E-state index is 12.9. The van der Waals surface area contributed by atoms with Gasteiger partial charge in [-0.2, -0.15) is 0 Å². The summed E-state index contributed by atoms with van der Waals surface area (Å²) in [4.78, 5) is 14.3. The van der Waals surface area contributed by atoms with E-state index < -0.39 is 5.97 Å². The Balaban J connectivity index is 2.09. The Morgan fingerprint density at radius 2 is 1.81 bits per heavy atom. The molecule has 26 heavy (non-hydrogen) atoms. The quantitative estimate of drug-likeness (QED) is 0.619. The molecule has 0 fully saturated rings. The van der Waals surface area contributed by atoms with Crippen molar-refractivity contribution in [2.24, 2.45) is 0 Å². The molecule has 2 rings (SSSR count). The van der Waals surface area contributed by atoms with E-state index in [1.807, 2.05) is 38.8 Å². The molecule has 4 nitrogen and oxygen atoms in total. The first-order chi connectivity index (χ1) is 12.3. The molecule has 0 bridgehead atoms. The minimum absolute atomic E-state index is 0.100. The van der Waals surface area contributed by atoms with E-state index >= 15 is 0 Å². The first-order valence-electron chi connectivity index (χ1n) is 8.37. The van der Waals surface area contributed by atoms with E-state index in [0.717, 1.165) is 28.9 Å². The summed E-state index contributed by atoms with van der Waals surface area (Å²) in [6.07, 6.45) is 0. The van der Waals surface area contributed by atoms with E-state index in [1.165, 1.54) is 12.1 Å². The van der Waals surface area contributed by atoms with Gasteiger partial charge in [0, 0.05) is 19.3 Å². The second-order valence-corrected chi connectivity index (χ2v) is 6.44. The van der Waals surface area contributed by atoms with Crippen LogP contribution in [0.2, 0.25) is 0 Å². The van der Waals surface area contributed by atoms with Gasteiger partial charge < -0.3 is 15.0 Å². The highest BCUT2D eigenvalue weighted by Crippen LogP contribution is 2.23. The van der Waals surface area contributed by atoms with Crippen molar-refractivity contribution in [3.63, 3.8) is 0 Å². The average molecular weight is 374 g/mol. The number of carbonyl (C=O) groups excluding carboxylic acids is 1. The van der Waals surface area contributed by atoms with E-state index in [2.05, 4.69) is 5.32 Å². The number of esters is 1. The normalized spacial score (nSPS) is 10.3. The molecule has 0 unspecified atom stereocenters. The first-order valence-corrected chi connectivity index (χ1v) is 8.78. The third-order valence-electron chi connectivity index (χ3n) is 4.35. The lowest BCUT2D eigenvalue weighted by molar-refractivity contribution is 0.0471. The highest BCUT2D eigenvalue weighted by Gasteiger charge is 2.15. The molecule has 6 heteroatoms. The Labute approximate surface area is 159 Å². The van der Waals surface area contributed by atoms with Crippen LogP contribution in [0, 0.1) is 19.7 Å². The van der Waals surface area contributed by atoms with Crippen LogP contribution in [0.25, 0.3) is 0 Å². The van der Waals surface area contributed by atoms with Gasteiger partial charge in [0.1, 0.15) is 12.4 Å². The highest BCUT2D eigenvalue weighted by molar-refractivity contribution is 7.80. The van der Waals surface area contributed by atoms with Crippen LogP contribution < -0.4 is 5.32 Å². The van der Waals surface area contributed by atoms with E-state index in [-0.39, 0.29) is 12.4 Å². The fraction of sp³-hybridized carbons (Fsp3) is 0.300. The standard InChI is InChI=1S/C20H23FN2O2S/c1-5-23(4)20(26)22-18-11-10-17(13(2)14(18)3)19(24)25-12-15-6-8-16(21)9-7-15/h6-11H,5,12H2,1-4H3,(H,22,26). The molecule has 0 saturated heterocycles. The summed E-state index contributed by atoms with van der Waals surface area (Å²) in [7, 11) is 1.92. The van der Waals surface area contributed by atoms with E-state index in [4.69, 9.17) is 17.0 Å². The summed E-state index contributed by atoms with van der Waals surface area (Å²) in [6, 6.07) is 9.43. The molecule has 0 atom stereocenters. The van der Waals surface area contributed by atoms with Crippen LogP contribution in [0.15, 0.2) is 36.4 Å². The zero-order chi connectivity index (χ0) is 19.3. The number of carbonyl (C=O) groups is 1. The Bertz CT molecular complexity index is 806. The summed E-state index contributed by atoms with van der Waals surface area (Å²) in [5.41, 5.74) is 3.88. The van der Waals surface area contributed by atoms with E-state index in [9.17, 15) is 9.18 Å². The fourth-order valence-corrected chi connectivity index (χ4v) is 2.58. The largest absolute Gasteiger partial charge is 0.457 e. The van der Waals surface area contributed by atoms with Crippen LogP contribution in [0.5, 0.6) is 0 Å². The first kappa shape index (κ1) is 19.8. The number of hydrogen-bond acceptors (Lipinski definition) is 3. The van der Waals surface area contributed by atoms with Crippen LogP contribution in [-0.4, -0.2) is 29.6 Å². The van der Waals surface area contributed by atoms with Crippen LogP contribution in [-0.2, 0) is 11.3 Å². The minimum Gasteiger partial charge on any atom is -0.457 e. The minimum atomic E-state index is -0.408. The highest BCUT2D eigenvalue weighted by atomic mass is 32.1. The molecule has 0 amide bonds. The predicted octanol–water partition coefficient (Wildman–Crippen LogP) is 4.45. The van der Waals surface area contributed by atoms with Gasteiger partial charge >= 0.3 is 5.97 Å². The van der Waals surface area contributed by atoms with Gasteiger partial charge in [0.2, 0.25) is 0 Å². The maximum Gasteiger partial charge on any atom is 0.338 e. The molecule has 138 valence electrons. The van der Waals surface area contributed by atoms with Crippen molar-refractivity contribution >= 4 is 29.0 Å². The Morgan fingerprint density at radius 1 is 1.15 bits per heavy atom. The van der Waals surface area contributed by atoms with Gasteiger partial charge in [0.15, 0.2) is 5.11 Å². The molecular weight excluding hydrogens is 351 g/mol. The topological polar surface area (TPSA) is 41.6 Å². The number of nitrogens with zero attached hydrogens (tertiary/aromatic N) is 1. The van der Waals surface area contributed by atoms with Gasteiger partial charge in [-0.25, -0.2) is 9.18 Å². The zero-order valence-electron chi connectivity index (χ0n) is 15.4. The molecule has 0 aromatic heterocycles. The molecule has 2 aromatic carbocycles. The van der Waals surface area contributed by atoms with Crippen LogP contribution in [0.3, 0.4) is 0 Å². The van der Waals surface area contributed by atoms with Crippen molar-refractivity contribution in [3.8, 4) is 0 Å². The summed E-state index contributed by atoms with van der Waals surface area (Å²) in [5, 5.41) is 3.83. The smallest absolute Gasteiger partial charge is 0.338 e. The Hall–Kier alpha value is -2.47. The number of thiocarbonyl (C=S) groups is 1. The van der Waals surface area contributed by atoms with Crippen LogP contribution in [0.1, 0.15) is 34.0 Å². The van der Waals surface area contributed by atoms with Crippen LogP contribution >= 0.6 is 12.2 Å². The molecule has 0 aliphatic heterocycles. The fourth-order valence-electron chi connectivity index (χ4n) is 2.34. The van der Waals surface area contributed by atoms with Crippen molar-refractivity contribution in [2.75, 3.05) is 18.9 Å². The van der Waals surface area contributed by atoms with E-state index in [1.54, 1.807) is 18.2 Å². The van der Waals surface area contributed by atoms with Gasteiger partial charge in [-0.1, -0.05) is 12.1 Å². The molecule has 0 aliphatic carbocycles. The summed E-state index contributed by atoms with van der Waals surface area (Å²) in [6.45, 7) is 6.73. The number of halogens is 1. The lowest BCUT2D eigenvalue weighted by Gasteiger charge is -2.21. The Morgan fingerprint density at radius 3 is 2.42 bits per heavy atom. The lowest BCUT2D eigenvalue weighted by atomic mass is 10.0. The monoisotopic (exact) mass is 374 g/mol. The summed E-state index contributed by atoms with van der Waals surface area (Å²) < 4.78 is 18.3. The molecule has 0 saturated carbocycles. The third-order valence-corrected chi connectivity index (χ3v) is 4.77. The molecular formula is C20H23FN2O2S. The van der Waals surface area contributed by atoms with Crippen LogP contribution in [0.4, 0.5) is 10.1 Å². The van der Waals surface area contributed by atoms with Crippen molar-refractivity contribution in [1.82, 2.24) is 4.90 Å². The molecule has 1 N–H and O–H groups in total. The SMILES string of the molecule is CCN(C)C(=S)Nc1ccc(C(=O)OCc2ccc(F)cc2)c(C)c1C. The number of rotatable bonds is 5. The molecule has 0 heterocycles. The maximum absolute atomic E-state index is 12.9. The molecule has 0 radical (unpaired) electrons. The van der Waals surface area contributed by atoms with Gasteiger partial charge in [0.25, 0.3) is 0 Å². The van der Waals surface area contributed by atoms with Gasteiger partial charge in [-0.05, 0) is 73.9 Å². The second kappa shape index (κ2) is 8.76. The van der Waals surface area contributed by atoms with Crippen molar-refractivity contribution < 1.29 is 13.9 Å². The number of hydrogen-bond donors (Lipinski definition) is 1. The Kier molecular flexibility index (Phi) is 6.69.